The Bertz CT molecular complexity index is 599. The first-order valence-corrected chi connectivity index (χ1v) is 6.23. The predicted octanol–water partition coefficient (Wildman–Crippen LogP) is 2.36. The Kier molecular flexibility index (Phi) is 9.15. The third-order valence-electron chi connectivity index (χ3n) is 2.62. The van der Waals surface area contributed by atoms with Crippen molar-refractivity contribution in [3.8, 4) is 11.5 Å². The number of ether oxygens (including phenoxy) is 2. The number of esters is 2. The van der Waals surface area contributed by atoms with Crippen molar-refractivity contribution in [1.82, 2.24) is 0 Å². The van der Waals surface area contributed by atoms with E-state index >= 15 is 0 Å². The fourth-order valence-electron chi connectivity index (χ4n) is 1.51. The van der Waals surface area contributed by atoms with Crippen LogP contribution in [0.5, 0.6) is 11.5 Å². The third kappa shape index (κ3) is 6.02. The maximum atomic E-state index is 10.9. The molecule has 0 bridgehead atoms. The first-order chi connectivity index (χ1) is 10.5. The van der Waals surface area contributed by atoms with Gasteiger partial charge in [-0.3, -0.25) is 0 Å². The van der Waals surface area contributed by atoms with Crippen LogP contribution in [0.15, 0.2) is 48.5 Å². The molecule has 0 spiro atoms. The van der Waals surface area contributed by atoms with E-state index in [0.717, 1.165) is 0 Å². The first-order valence-electron chi connectivity index (χ1n) is 6.23. The van der Waals surface area contributed by atoms with Crippen LogP contribution in [0.3, 0.4) is 0 Å². The predicted molar refractivity (Wildman–Crippen MR) is 78.9 cm³/mol. The quantitative estimate of drug-likeness (QED) is 0.625. The third-order valence-corrected chi connectivity index (χ3v) is 2.62. The molecule has 7 heteroatoms. The zero-order valence-electron chi connectivity index (χ0n) is 12.4. The molecule has 2 N–H and O–H groups in total. The number of benzene rings is 2. The van der Waals surface area contributed by atoms with E-state index in [0.29, 0.717) is 0 Å². The van der Waals surface area contributed by atoms with E-state index in [1.54, 1.807) is 24.3 Å². The van der Waals surface area contributed by atoms with Crippen molar-refractivity contribution < 1.29 is 46.3 Å². The second kappa shape index (κ2) is 10.3. The maximum absolute atomic E-state index is 10.9. The van der Waals surface area contributed by atoms with E-state index in [9.17, 15) is 9.59 Å². The SMILES string of the molecule is COC(=O)c1ccccc1O.COC(=O)c1ccccc1O.[Cu]. The van der Waals surface area contributed by atoms with E-state index in [-0.39, 0.29) is 39.7 Å². The van der Waals surface area contributed by atoms with Crippen LogP contribution in [0, 0.1) is 0 Å². The number of hydrogen-bond donors (Lipinski definition) is 2. The molecule has 0 aliphatic carbocycles. The number of aromatic hydroxyl groups is 2. The minimum Gasteiger partial charge on any atom is -0.507 e. The molecule has 2 rings (SSSR count). The molecule has 0 amide bonds. The van der Waals surface area contributed by atoms with Gasteiger partial charge >= 0.3 is 11.9 Å². The molecule has 6 nitrogen and oxygen atoms in total. The van der Waals surface area contributed by atoms with Crippen LogP contribution in [0.4, 0.5) is 0 Å². The Morgan fingerprint density at radius 1 is 0.739 bits per heavy atom. The fourth-order valence-corrected chi connectivity index (χ4v) is 1.51. The number of carbonyl (C=O) groups excluding carboxylic acids is 2. The number of methoxy groups -OCH3 is 2. The Morgan fingerprint density at radius 2 is 1.04 bits per heavy atom. The summed E-state index contributed by atoms with van der Waals surface area (Å²) < 4.78 is 8.84. The first kappa shape index (κ1) is 20.5. The smallest absolute Gasteiger partial charge is 0.341 e. The van der Waals surface area contributed by atoms with Crippen LogP contribution in [-0.2, 0) is 26.5 Å². The minimum atomic E-state index is -0.525. The molecule has 0 heterocycles. The summed E-state index contributed by atoms with van der Waals surface area (Å²) in [7, 11) is 2.55. The van der Waals surface area contributed by atoms with Crippen LogP contribution in [0.2, 0.25) is 0 Å². The standard InChI is InChI=1S/2C8H8O3.Cu/c2*1-11-8(10)6-4-2-3-5-7(6)9;/h2*2-5,9H,1H3;. The summed E-state index contributed by atoms with van der Waals surface area (Å²) in [5.74, 6) is -1.16. The van der Waals surface area contributed by atoms with Gasteiger partial charge in [-0.25, -0.2) is 9.59 Å². The molecule has 0 saturated heterocycles. The summed E-state index contributed by atoms with van der Waals surface area (Å²) in [6, 6.07) is 12.5. The zero-order valence-corrected chi connectivity index (χ0v) is 13.4. The van der Waals surface area contributed by atoms with Gasteiger partial charge in [0.2, 0.25) is 0 Å². The Hall–Kier alpha value is -2.50. The molecule has 0 fully saturated rings. The fraction of sp³-hybridized carbons (Fsp3) is 0.125. The molecule has 0 unspecified atom stereocenters. The number of phenols is 2. The normalized spacial score (nSPS) is 8.78. The van der Waals surface area contributed by atoms with Gasteiger partial charge < -0.3 is 19.7 Å². The molecule has 2 aromatic carbocycles. The summed E-state index contributed by atoms with van der Waals surface area (Å²) in [5, 5.41) is 18.2. The van der Waals surface area contributed by atoms with E-state index < -0.39 is 11.9 Å². The summed E-state index contributed by atoms with van der Waals surface area (Å²) in [4.78, 5) is 21.7. The molecular weight excluding hydrogens is 352 g/mol. The zero-order chi connectivity index (χ0) is 16.5. The van der Waals surface area contributed by atoms with Gasteiger partial charge in [-0.15, -0.1) is 0 Å². The molecular formula is C16H16CuO6. The number of para-hydroxylation sites is 2. The van der Waals surface area contributed by atoms with Gasteiger partial charge in [-0.1, -0.05) is 24.3 Å². The van der Waals surface area contributed by atoms with Gasteiger partial charge in [0.25, 0.3) is 0 Å². The monoisotopic (exact) mass is 367 g/mol. The van der Waals surface area contributed by atoms with Crippen molar-refractivity contribution in [2.24, 2.45) is 0 Å². The second-order valence-electron chi connectivity index (χ2n) is 4.02. The van der Waals surface area contributed by atoms with Crippen LogP contribution in [-0.4, -0.2) is 36.4 Å². The van der Waals surface area contributed by atoms with Crippen LogP contribution < -0.4 is 0 Å². The summed E-state index contributed by atoms with van der Waals surface area (Å²) in [6.45, 7) is 0. The average molecular weight is 368 g/mol. The molecule has 0 aromatic heterocycles. The maximum Gasteiger partial charge on any atom is 0.341 e. The second-order valence-corrected chi connectivity index (χ2v) is 4.02. The van der Waals surface area contributed by atoms with Crippen molar-refractivity contribution in [3.63, 3.8) is 0 Å². The van der Waals surface area contributed by atoms with Gasteiger partial charge in [0, 0.05) is 17.1 Å². The average Bonchev–Trinajstić information content (AvgIpc) is 2.55. The van der Waals surface area contributed by atoms with Crippen molar-refractivity contribution in [3.05, 3.63) is 59.7 Å². The van der Waals surface area contributed by atoms with E-state index in [1.807, 2.05) is 0 Å². The van der Waals surface area contributed by atoms with E-state index in [4.69, 9.17) is 10.2 Å². The molecule has 0 saturated carbocycles. The largest absolute Gasteiger partial charge is 0.507 e. The number of carbonyl (C=O) groups is 2. The van der Waals surface area contributed by atoms with Crippen LogP contribution in [0.25, 0.3) is 0 Å². The minimum absolute atomic E-state index is 0. The molecule has 2 aromatic rings. The van der Waals surface area contributed by atoms with Crippen molar-refractivity contribution in [2.75, 3.05) is 14.2 Å². The van der Waals surface area contributed by atoms with Gasteiger partial charge in [0.05, 0.1) is 14.2 Å². The van der Waals surface area contributed by atoms with E-state index in [2.05, 4.69) is 9.47 Å². The topological polar surface area (TPSA) is 93.1 Å². The van der Waals surface area contributed by atoms with Crippen molar-refractivity contribution in [1.29, 1.82) is 0 Å². The van der Waals surface area contributed by atoms with Crippen molar-refractivity contribution >= 4 is 11.9 Å². The molecule has 0 atom stereocenters. The Balaban J connectivity index is 0.000000403. The number of hydrogen-bond acceptors (Lipinski definition) is 6. The van der Waals surface area contributed by atoms with Crippen molar-refractivity contribution in [2.45, 2.75) is 0 Å². The summed E-state index contributed by atoms with van der Waals surface area (Å²) in [5.41, 5.74) is 0.380. The molecule has 0 aliphatic rings. The summed E-state index contributed by atoms with van der Waals surface area (Å²) in [6.07, 6.45) is 0. The number of rotatable bonds is 2. The summed E-state index contributed by atoms with van der Waals surface area (Å²) >= 11 is 0. The van der Waals surface area contributed by atoms with Gasteiger partial charge in [-0.2, -0.15) is 0 Å². The van der Waals surface area contributed by atoms with Gasteiger partial charge in [0.1, 0.15) is 22.6 Å². The van der Waals surface area contributed by atoms with Gasteiger partial charge in [-0.05, 0) is 24.3 Å². The molecule has 127 valence electrons. The molecule has 1 radical (unpaired) electrons. The molecule has 0 aliphatic heterocycles. The Morgan fingerprint density at radius 3 is 1.30 bits per heavy atom. The molecule has 23 heavy (non-hydrogen) atoms. The van der Waals surface area contributed by atoms with Crippen LogP contribution in [0.1, 0.15) is 20.7 Å². The van der Waals surface area contributed by atoms with Gasteiger partial charge in [0.15, 0.2) is 0 Å². The van der Waals surface area contributed by atoms with Crippen LogP contribution >= 0.6 is 0 Å². The van der Waals surface area contributed by atoms with E-state index in [1.165, 1.54) is 38.5 Å². The Labute approximate surface area is 144 Å². The number of phenolic OH excluding ortho intramolecular Hbond substituents is 2.